The molecule has 0 aliphatic carbocycles. The van der Waals surface area contributed by atoms with Gasteiger partial charge in [-0.3, -0.25) is 0 Å². The van der Waals surface area contributed by atoms with Crippen LogP contribution in [0, 0.1) is 19.4 Å². The summed E-state index contributed by atoms with van der Waals surface area (Å²) < 4.78 is 11.2. The Bertz CT molecular complexity index is 580. The van der Waals surface area contributed by atoms with E-state index in [2.05, 4.69) is 5.11 Å². The first-order valence-corrected chi connectivity index (χ1v) is 6.49. The van der Waals surface area contributed by atoms with E-state index in [4.69, 9.17) is 15.0 Å². The van der Waals surface area contributed by atoms with E-state index < -0.39 is 0 Å². The van der Waals surface area contributed by atoms with Crippen molar-refractivity contribution in [3.05, 3.63) is 53.6 Å². The molecule has 0 radical (unpaired) electrons. The number of ether oxygens (including phenoxy) is 2. The normalized spacial score (nSPS) is 10.1. The molecule has 2 aromatic rings. The second-order valence-corrected chi connectivity index (χ2v) is 4.57. The SMILES string of the molecule is Cc1ccc(OCCOc2ccc(N=N)c(C)c2)cc1. The third-order valence-electron chi connectivity index (χ3n) is 2.93. The van der Waals surface area contributed by atoms with Crippen molar-refractivity contribution in [2.75, 3.05) is 13.2 Å². The summed E-state index contributed by atoms with van der Waals surface area (Å²) in [4.78, 5) is 0. The standard InChI is InChI=1S/C16H18N2O2/c1-12-3-5-14(6-4-12)19-9-10-20-15-7-8-16(18-17)13(2)11-15/h3-8,11,17H,9-10H2,1-2H3. The number of benzene rings is 2. The first-order valence-electron chi connectivity index (χ1n) is 6.49. The van der Waals surface area contributed by atoms with Crippen LogP contribution in [-0.2, 0) is 0 Å². The molecule has 0 spiro atoms. The molecule has 2 rings (SSSR count). The van der Waals surface area contributed by atoms with Crippen LogP contribution < -0.4 is 9.47 Å². The summed E-state index contributed by atoms with van der Waals surface area (Å²) in [5, 5.41) is 3.42. The average molecular weight is 270 g/mol. The number of rotatable bonds is 6. The molecule has 1 N–H and O–H groups in total. The van der Waals surface area contributed by atoms with Crippen molar-refractivity contribution in [1.82, 2.24) is 0 Å². The molecule has 0 bridgehead atoms. The highest BCUT2D eigenvalue weighted by Crippen LogP contribution is 2.23. The smallest absolute Gasteiger partial charge is 0.122 e. The van der Waals surface area contributed by atoms with Gasteiger partial charge in [-0.2, -0.15) is 5.11 Å². The summed E-state index contributed by atoms with van der Waals surface area (Å²) in [7, 11) is 0. The number of nitrogens with zero attached hydrogens (tertiary/aromatic N) is 1. The van der Waals surface area contributed by atoms with E-state index in [1.165, 1.54) is 5.56 Å². The van der Waals surface area contributed by atoms with Gasteiger partial charge in [0.2, 0.25) is 0 Å². The van der Waals surface area contributed by atoms with Crippen LogP contribution in [0.2, 0.25) is 0 Å². The molecule has 0 amide bonds. The molecule has 0 aliphatic rings. The number of hydrogen-bond acceptors (Lipinski definition) is 4. The Balaban J connectivity index is 1.79. The van der Waals surface area contributed by atoms with Crippen molar-refractivity contribution >= 4 is 5.69 Å². The minimum atomic E-state index is 0.477. The van der Waals surface area contributed by atoms with E-state index >= 15 is 0 Å². The van der Waals surface area contributed by atoms with Crippen molar-refractivity contribution in [3.8, 4) is 11.5 Å². The molecule has 0 saturated carbocycles. The molecule has 0 heterocycles. The molecule has 0 aromatic heterocycles. The Hall–Kier alpha value is -2.36. The maximum atomic E-state index is 7.00. The first-order chi connectivity index (χ1) is 9.69. The summed E-state index contributed by atoms with van der Waals surface area (Å²) in [6, 6.07) is 13.4. The van der Waals surface area contributed by atoms with Gasteiger partial charge in [-0.25, -0.2) is 5.53 Å². The predicted octanol–water partition coefficient (Wildman–Crippen LogP) is 4.42. The average Bonchev–Trinajstić information content (AvgIpc) is 2.46. The Kier molecular flexibility index (Phi) is 4.71. The van der Waals surface area contributed by atoms with Crippen molar-refractivity contribution in [2.45, 2.75) is 13.8 Å². The van der Waals surface area contributed by atoms with Crippen LogP contribution in [0.3, 0.4) is 0 Å². The molecular weight excluding hydrogens is 252 g/mol. The van der Waals surface area contributed by atoms with Crippen LogP contribution in [0.15, 0.2) is 47.6 Å². The first kappa shape index (κ1) is 14.1. The van der Waals surface area contributed by atoms with Crippen LogP contribution >= 0.6 is 0 Å². The fourth-order valence-electron chi connectivity index (χ4n) is 1.80. The summed E-state index contributed by atoms with van der Waals surface area (Å²) in [5.74, 6) is 1.61. The lowest BCUT2D eigenvalue weighted by Gasteiger charge is -2.09. The van der Waals surface area contributed by atoms with E-state index in [1.54, 1.807) is 6.07 Å². The van der Waals surface area contributed by atoms with E-state index in [1.807, 2.05) is 50.2 Å². The van der Waals surface area contributed by atoms with Crippen LogP contribution in [-0.4, -0.2) is 13.2 Å². The molecule has 0 aliphatic heterocycles. The van der Waals surface area contributed by atoms with Crippen LogP contribution in [0.5, 0.6) is 11.5 Å². The molecule has 0 saturated heterocycles. The zero-order valence-corrected chi connectivity index (χ0v) is 11.7. The Labute approximate surface area is 118 Å². The number of aryl methyl sites for hydroxylation is 2. The van der Waals surface area contributed by atoms with Gasteiger partial charge in [-0.1, -0.05) is 17.7 Å². The van der Waals surface area contributed by atoms with Gasteiger partial charge in [0, 0.05) is 0 Å². The van der Waals surface area contributed by atoms with Crippen LogP contribution in [0.4, 0.5) is 5.69 Å². The van der Waals surface area contributed by atoms with Gasteiger partial charge < -0.3 is 9.47 Å². The highest BCUT2D eigenvalue weighted by Gasteiger charge is 2.00. The summed E-state index contributed by atoms with van der Waals surface area (Å²) in [5.41, 5.74) is 9.80. The van der Waals surface area contributed by atoms with Crippen LogP contribution in [0.1, 0.15) is 11.1 Å². The van der Waals surface area contributed by atoms with Gasteiger partial charge in [0.25, 0.3) is 0 Å². The number of hydrogen-bond donors (Lipinski definition) is 1. The quantitative estimate of drug-likeness (QED) is 0.623. The van der Waals surface area contributed by atoms with Gasteiger partial charge in [0.1, 0.15) is 24.7 Å². The Morgan fingerprint density at radius 3 is 2.10 bits per heavy atom. The third kappa shape index (κ3) is 3.82. The zero-order chi connectivity index (χ0) is 14.4. The highest BCUT2D eigenvalue weighted by atomic mass is 16.5. The summed E-state index contributed by atoms with van der Waals surface area (Å²) in [6.45, 7) is 4.92. The van der Waals surface area contributed by atoms with Gasteiger partial charge in [0.15, 0.2) is 0 Å². The minimum Gasteiger partial charge on any atom is -0.490 e. The maximum absolute atomic E-state index is 7.00. The second kappa shape index (κ2) is 6.70. The van der Waals surface area contributed by atoms with Gasteiger partial charge in [-0.05, 0) is 49.7 Å². The largest absolute Gasteiger partial charge is 0.490 e. The van der Waals surface area contributed by atoms with E-state index in [-0.39, 0.29) is 0 Å². The van der Waals surface area contributed by atoms with Gasteiger partial charge in [0.05, 0.1) is 5.69 Å². The Morgan fingerprint density at radius 2 is 1.50 bits per heavy atom. The van der Waals surface area contributed by atoms with Crippen molar-refractivity contribution in [1.29, 1.82) is 5.53 Å². The van der Waals surface area contributed by atoms with Crippen molar-refractivity contribution in [2.24, 2.45) is 5.11 Å². The monoisotopic (exact) mass is 270 g/mol. The molecule has 104 valence electrons. The lowest BCUT2D eigenvalue weighted by atomic mass is 10.2. The van der Waals surface area contributed by atoms with E-state index in [9.17, 15) is 0 Å². The molecule has 20 heavy (non-hydrogen) atoms. The molecule has 4 heteroatoms. The highest BCUT2D eigenvalue weighted by molar-refractivity contribution is 5.48. The maximum Gasteiger partial charge on any atom is 0.122 e. The number of nitrogens with one attached hydrogen (secondary N) is 1. The lowest BCUT2D eigenvalue weighted by molar-refractivity contribution is 0.217. The minimum absolute atomic E-state index is 0.477. The van der Waals surface area contributed by atoms with Gasteiger partial charge in [-0.15, -0.1) is 0 Å². The topological polar surface area (TPSA) is 54.7 Å². The Morgan fingerprint density at radius 1 is 0.900 bits per heavy atom. The molecule has 2 aromatic carbocycles. The molecule has 0 fully saturated rings. The summed E-state index contributed by atoms with van der Waals surface area (Å²) in [6.07, 6.45) is 0. The van der Waals surface area contributed by atoms with Crippen molar-refractivity contribution in [3.63, 3.8) is 0 Å². The second-order valence-electron chi connectivity index (χ2n) is 4.57. The fraction of sp³-hybridized carbons (Fsp3) is 0.250. The van der Waals surface area contributed by atoms with Crippen molar-refractivity contribution < 1.29 is 9.47 Å². The lowest BCUT2D eigenvalue weighted by Crippen LogP contribution is -2.09. The summed E-state index contributed by atoms with van der Waals surface area (Å²) >= 11 is 0. The van der Waals surface area contributed by atoms with Crippen LogP contribution in [0.25, 0.3) is 0 Å². The molecule has 4 nitrogen and oxygen atoms in total. The van der Waals surface area contributed by atoms with Gasteiger partial charge >= 0.3 is 0 Å². The fourth-order valence-corrected chi connectivity index (χ4v) is 1.80. The molecular formula is C16H18N2O2. The third-order valence-corrected chi connectivity index (χ3v) is 2.93. The predicted molar refractivity (Wildman–Crippen MR) is 78.2 cm³/mol. The van der Waals surface area contributed by atoms with E-state index in [0.29, 0.717) is 18.9 Å². The molecule has 0 unspecified atom stereocenters. The van der Waals surface area contributed by atoms with E-state index in [0.717, 1.165) is 17.1 Å². The molecule has 0 atom stereocenters. The zero-order valence-electron chi connectivity index (χ0n) is 11.7.